The molecule has 6 nitrogen and oxygen atoms in total. The predicted molar refractivity (Wildman–Crippen MR) is 89.0 cm³/mol. The molecule has 0 spiro atoms. The van der Waals surface area contributed by atoms with Crippen molar-refractivity contribution >= 4 is 29.5 Å². The Hall–Kier alpha value is -2.09. The summed E-state index contributed by atoms with van der Waals surface area (Å²) in [5, 5.41) is 5.01. The maximum absolute atomic E-state index is 12.8. The molecule has 8 heteroatoms. The van der Waals surface area contributed by atoms with Gasteiger partial charge in [0.2, 0.25) is 5.91 Å². The third-order valence-corrected chi connectivity index (χ3v) is 3.89. The van der Waals surface area contributed by atoms with Crippen molar-refractivity contribution < 1.29 is 23.5 Å². The highest BCUT2D eigenvalue weighted by Crippen LogP contribution is 2.18. The molecule has 0 aliphatic carbocycles. The smallest absolute Gasteiger partial charge is 0.307 e. The molecular weight excluding hydrogens is 335 g/mol. The van der Waals surface area contributed by atoms with Crippen molar-refractivity contribution in [1.29, 1.82) is 0 Å². The topological polar surface area (TPSA) is 84.5 Å². The molecular formula is C16H21FN2O4S. The normalized spacial score (nSPS) is 11.5. The number of esters is 1. The van der Waals surface area contributed by atoms with Crippen LogP contribution in [0.2, 0.25) is 0 Å². The molecule has 2 N–H and O–H groups in total. The van der Waals surface area contributed by atoms with E-state index in [4.69, 9.17) is 4.74 Å². The molecule has 2 amide bonds. The molecule has 1 rings (SSSR count). The second-order valence-corrected chi connectivity index (χ2v) is 6.07. The highest BCUT2D eigenvalue weighted by Gasteiger charge is 2.15. The van der Waals surface area contributed by atoms with Crippen molar-refractivity contribution in [2.75, 3.05) is 18.9 Å². The maximum Gasteiger partial charge on any atom is 0.307 e. The number of nitrogens with one attached hydrogen (secondary N) is 2. The summed E-state index contributed by atoms with van der Waals surface area (Å²) in [5.41, 5.74) is 0. The number of halogens is 1. The number of carbonyl (C=O) groups is 3. The van der Waals surface area contributed by atoms with Crippen LogP contribution in [0.25, 0.3) is 0 Å². The number of benzene rings is 1. The molecule has 0 aliphatic rings. The van der Waals surface area contributed by atoms with E-state index >= 15 is 0 Å². The van der Waals surface area contributed by atoms with Gasteiger partial charge in [-0.1, -0.05) is 0 Å². The fourth-order valence-electron chi connectivity index (χ4n) is 1.68. The summed E-state index contributed by atoms with van der Waals surface area (Å²) >= 11 is 1.39. The first-order valence-electron chi connectivity index (χ1n) is 7.53. The van der Waals surface area contributed by atoms with Gasteiger partial charge in [0.1, 0.15) is 11.9 Å². The van der Waals surface area contributed by atoms with Gasteiger partial charge in [-0.3, -0.25) is 14.4 Å². The summed E-state index contributed by atoms with van der Waals surface area (Å²) < 4.78 is 17.6. The zero-order chi connectivity index (χ0) is 17.9. The number of carbonyl (C=O) groups excluding carboxylic acids is 3. The molecule has 1 aromatic rings. The number of amides is 2. The first-order chi connectivity index (χ1) is 11.4. The van der Waals surface area contributed by atoms with Crippen LogP contribution in [0, 0.1) is 5.82 Å². The molecule has 0 heterocycles. The lowest BCUT2D eigenvalue weighted by molar-refractivity contribution is -0.148. The highest BCUT2D eigenvalue weighted by atomic mass is 32.2. The van der Waals surface area contributed by atoms with Crippen LogP contribution >= 0.6 is 11.8 Å². The van der Waals surface area contributed by atoms with Crippen LogP contribution < -0.4 is 10.6 Å². The molecule has 0 saturated heterocycles. The summed E-state index contributed by atoms with van der Waals surface area (Å²) in [6, 6.07) is 5.26. The lowest BCUT2D eigenvalue weighted by atomic mass is 10.3. The molecule has 0 unspecified atom stereocenters. The van der Waals surface area contributed by atoms with Gasteiger partial charge in [-0.15, -0.1) is 11.8 Å². The highest BCUT2D eigenvalue weighted by molar-refractivity contribution is 7.99. The maximum atomic E-state index is 12.8. The fourth-order valence-corrected chi connectivity index (χ4v) is 2.51. The second-order valence-electron chi connectivity index (χ2n) is 4.90. The van der Waals surface area contributed by atoms with Crippen molar-refractivity contribution in [1.82, 2.24) is 10.6 Å². The number of ether oxygens (including phenoxy) is 1. The Morgan fingerprint density at radius 3 is 2.54 bits per heavy atom. The van der Waals surface area contributed by atoms with Crippen molar-refractivity contribution in [3.8, 4) is 0 Å². The summed E-state index contributed by atoms with van der Waals surface area (Å²) in [7, 11) is 0. The zero-order valence-corrected chi connectivity index (χ0v) is 14.5. The van der Waals surface area contributed by atoms with Gasteiger partial charge in [0, 0.05) is 17.2 Å². The Morgan fingerprint density at radius 1 is 1.25 bits per heavy atom. The van der Waals surface area contributed by atoms with Gasteiger partial charge < -0.3 is 15.4 Å². The predicted octanol–water partition coefficient (Wildman–Crippen LogP) is 1.49. The summed E-state index contributed by atoms with van der Waals surface area (Å²) in [6.07, 6.45) is 0.126. The molecule has 0 saturated carbocycles. The van der Waals surface area contributed by atoms with Crippen LogP contribution in [-0.2, 0) is 19.1 Å². The number of likely N-dealkylation sites (N-methyl/N-ethyl adjacent to an activating group) is 1. The molecule has 1 aromatic carbocycles. The minimum absolute atomic E-state index is 0.126. The summed E-state index contributed by atoms with van der Waals surface area (Å²) in [5.74, 6) is -1.19. The van der Waals surface area contributed by atoms with E-state index in [2.05, 4.69) is 10.6 Å². The van der Waals surface area contributed by atoms with Crippen LogP contribution in [0.1, 0.15) is 20.3 Å². The molecule has 132 valence electrons. The van der Waals surface area contributed by atoms with E-state index in [0.29, 0.717) is 12.3 Å². The van der Waals surface area contributed by atoms with Gasteiger partial charge in [0.05, 0.1) is 6.42 Å². The van der Waals surface area contributed by atoms with Gasteiger partial charge in [-0.2, -0.15) is 0 Å². The van der Waals surface area contributed by atoms with Crippen LogP contribution in [-0.4, -0.2) is 42.7 Å². The van der Waals surface area contributed by atoms with Crippen LogP contribution in [0.3, 0.4) is 0 Å². The van der Waals surface area contributed by atoms with E-state index in [9.17, 15) is 18.8 Å². The minimum atomic E-state index is -0.690. The van der Waals surface area contributed by atoms with Crippen LogP contribution in [0.4, 0.5) is 4.39 Å². The Morgan fingerprint density at radius 2 is 1.92 bits per heavy atom. The molecule has 0 bridgehead atoms. The number of rotatable bonds is 9. The summed E-state index contributed by atoms with van der Waals surface area (Å²) in [6.45, 7) is 3.37. The number of hydrogen-bond donors (Lipinski definition) is 2. The van der Waals surface area contributed by atoms with Crippen molar-refractivity contribution in [2.45, 2.75) is 31.2 Å². The lowest BCUT2D eigenvalue weighted by Crippen LogP contribution is -2.46. The summed E-state index contributed by atoms with van der Waals surface area (Å²) in [4.78, 5) is 35.4. The minimum Gasteiger partial charge on any atom is -0.456 e. The third-order valence-electron chi connectivity index (χ3n) is 2.87. The van der Waals surface area contributed by atoms with Gasteiger partial charge in [0.15, 0.2) is 6.61 Å². The quantitative estimate of drug-likeness (QED) is 0.517. The Balaban J connectivity index is 2.19. The van der Waals surface area contributed by atoms with E-state index in [0.717, 1.165) is 4.90 Å². The zero-order valence-electron chi connectivity index (χ0n) is 13.6. The first kappa shape index (κ1) is 20.0. The monoisotopic (exact) mass is 356 g/mol. The van der Waals surface area contributed by atoms with Gasteiger partial charge in [-0.25, -0.2) is 4.39 Å². The first-order valence-corrected chi connectivity index (χ1v) is 8.52. The van der Waals surface area contributed by atoms with Crippen LogP contribution in [0.5, 0.6) is 0 Å². The third kappa shape index (κ3) is 7.96. The average Bonchev–Trinajstić information content (AvgIpc) is 2.55. The Kier molecular flexibility index (Phi) is 8.85. The van der Waals surface area contributed by atoms with Crippen molar-refractivity contribution in [3.63, 3.8) is 0 Å². The molecule has 0 aliphatic heterocycles. The SMILES string of the molecule is CCNC(=O)[C@H](C)NC(=O)COC(=O)CCSc1ccc(F)cc1. The van der Waals surface area contributed by atoms with Gasteiger partial charge in [0.25, 0.3) is 5.91 Å². The molecule has 0 radical (unpaired) electrons. The number of hydrogen-bond acceptors (Lipinski definition) is 5. The van der Waals surface area contributed by atoms with Crippen molar-refractivity contribution in [2.24, 2.45) is 0 Å². The Labute approximate surface area is 144 Å². The molecule has 1 atom stereocenters. The van der Waals surface area contributed by atoms with E-state index in [-0.39, 0.29) is 18.1 Å². The van der Waals surface area contributed by atoms with Crippen molar-refractivity contribution in [3.05, 3.63) is 30.1 Å². The second kappa shape index (κ2) is 10.6. The number of thioether (sulfide) groups is 1. The average molecular weight is 356 g/mol. The molecule has 0 aromatic heterocycles. The standard InChI is InChI=1S/C16H21FN2O4S/c1-3-18-16(22)11(2)19-14(20)10-23-15(21)8-9-24-13-6-4-12(17)5-7-13/h4-7,11H,3,8-10H2,1-2H3,(H,18,22)(H,19,20)/t11-/m0/s1. The van der Waals surface area contributed by atoms with E-state index in [1.165, 1.54) is 23.9 Å². The van der Waals surface area contributed by atoms with E-state index in [1.54, 1.807) is 26.0 Å². The molecule has 24 heavy (non-hydrogen) atoms. The lowest BCUT2D eigenvalue weighted by Gasteiger charge is -2.13. The Bertz CT molecular complexity index is 566. The molecule has 0 fully saturated rings. The van der Waals surface area contributed by atoms with E-state index in [1.807, 2.05) is 0 Å². The fraction of sp³-hybridized carbons (Fsp3) is 0.438. The van der Waals surface area contributed by atoms with Crippen LogP contribution in [0.15, 0.2) is 29.2 Å². The van der Waals surface area contributed by atoms with Gasteiger partial charge in [-0.05, 0) is 38.1 Å². The van der Waals surface area contributed by atoms with Gasteiger partial charge >= 0.3 is 5.97 Å². The van der Waals surface area contributed by atoms with E-state index < -0.39 is 24.5 Å². The largest absolute Gasteiger partial charge is 0.456 e.